The van der Waals surface area contributed by atoms with Crippen molar-refractivity contribution in [1.29, 1.82) is 0 Å². The van der Waals surface area contributed by atoms with Crippen LogP contribution in [0.2, 0.25) is 0 Å². The van der Waals surface area contributed by atoms with E-state index in [4.69, 9.17) is 24.5 Å². The number of carboxylic acid groups (broad SMARTS) is 2. The number of aliphatic carboxylic acids is 2. The maximum absolute atomic E-state index is 12.7. The molecule has 0 atom stereocenters. The molecule has 2 aliphatic heterocycles. The molecule has 0 bridgehead atoms. The maximum Gasteiger partial charge on any atom is 0.414 e. The molecule has 0 spiro atoms. The standard InChI is InChI=1S/C28H35NO2S2.C2H2O4/c1-3-29(4-2)20-13-7-5-6-12-19-27(32-21-14-22-33-27)28(30)23-15-8-10-17-25(23)31-26-18-11-9-16-24(26)28;3-1(4)2(5)6/h8-11,15-18,30H,3-6,12,14,19-22H2,1-2H3;(H,3,4)(H,5,6). The second kappa shape index (κ2) is 14.7. The van der Waals surface area contributed by atoms with Crippen LogP contribution in [0.1, 0.15) is 57.1 Å². The number of thioether (sulfide) groups is 2. The van der Waals surface area contributed by atoms with E-state index in [9.17, 15) is 5.11 Å². The van der Waals surface area contributed by atoms with Gasteiger partial charge in [0.15, 0.2) is 0 Å². The van der Waals surface area contributed by atoms with Gasteiger partial charge in [-0.3, -0.25) is 4.90 Å². The van der Waals surface area contributed by atoms with Crippen LogP contribution in [0.25, 0.3) is 0 Å². The number of rotatable bonds is 8. The number of ether oxygens (including phenoxy) is 1. The molecule has 1 fully saturated rings. The highest BCUT2D eigenvalue weighted by molar-refractivity contribution is 8.18. The highest BCUT2D eigenvalue weighted by Crippen LogP contribution is 2.63. The Hall–Kier alpha value is -2.64. The van der Waals surface area contributed by atoms with Crippen molar-refractivity contribution < 1.29 is 29.6 Å². The molecule has 2 aliphatic rings. The SMILES string of the molecule is CCN(CC)CC#CCCCCC1(C2(O)c3ccccc3Oc3ccccc32)SCCCS1.O=C(O)C(=O)O. The summed E-state index contributed by atoms with van der Waals surface area (Å²) >= 11 is 3.87. The first-order valence-corrected chi connectivity index (χ1v) is 15.3. The first-order valence-electron chi connectivity index (χ1n) is 13.3. The summed E-state index contributed by atoms with van der Waals surface area (Å²) in [5.41, 5.74) is 0.692. The summed E-state index contributed by atoms with van der Waals surface area (Å²) in [5, 5.41) is 27.4. The monoisotopic (exact) mass is 571 g/mol. The Balaban J connectivity index is 0.000000631. The molecule has 0 unspecified atom stereocenters. The maximum atomic E-state index is 12.7. The predicted molar refractivity (Wildman–Crippen MR) is 158 cm³/mol. The smallest absolute Gasteiger partial charge is 0.414 e. The number of hydrogen-bond donors (Lipinski definition) is 3. The lowest BCUT2D eigenvalue weighted by Gasteiger charge is -2.51. The molecule has 0 aromatic heterocycles. The lowest BCUT2D eigenvalue weighted by molar-refractivity contribution is -0.159. The van der Waals surface area contributed by atoms with Gasteiger partial charge in [-0.1, -0.05) is 62.6 Å². The average molecular weight is 572 g/mol. The minimum Gasteiger partial charge on any atom is -0.473 e. The van der Waals surface area contributed by atoms with Gasteiger partial charge in [0.25, 0.3) is 0 Å². The van der Waals surface area contributed by atoms with E-state index in [1.54, 1.807) is 0 Å². The van der Waals surface area contributed by atoms with Gasteiger partial charge in [0.1, 0.15) is 17.1 Å². The topological polar surface area (TPSA) is 107 Å². The third kappa shape index (κ3) is 7.31. The molecule has 2 aromatic carbocycles. The second-order valence-electron chi connectivity index (χ2n) is 9.24. The number of unbranched alkanes of at least 4 members (excludes halogenated alkanes) is 2. The molecule has 39 heavy (non-hydrogen) atoms. The quantitative estimate of drug-likeness (QED) is 0.210. The lowest BCUT2D eigenvalue weighted by Crippen LogP contribution is -2.51. The molecule has 0 aliphatic carbocycles. The van der Waals surface area contributed by atoms with Gasteiger partial charge in [0.05, 0.1) is 10.6 Å². The van der Waals surface area contributed by atoms with Crippen LogP contribution in [0.15, 0.2) is 48.5 Å². The molecule has 3 N–H and O–H groups in total. The molecule has 0 saturated carbocycles. The zero-order valence-electron chi connectivity index (χ0n) is 22.5. The van der Waals surface area contributed by atoms with E-state index in [0.29, 0.717) is 0 Å². The summed E-state index contributed by atoms with van der Waals surface area (Å²) in [6, 6.07) is 16.0. The van der Waals surface area contributed by atoms with Crippen molar-refractivity contribution in [3.05, 3.63) is 59.7 Å². The molecule has 4 rings (SSSR count). The van der Waals surface area contributed by atoms with Gasteiger partial charge in [-0.15, -0.1) is 29.4 Å². The number of benzene rings is 2. The minimum atomic E-state index is -1.82. The van der Waals surface area contributed by atoms with Gasteiger partial charge in [-0.25, -0.2) is 9.59 Å². The van der Waals surface area contributed by atoms with Crippen molar-refractivity contribution in [3.63, 3.8) is 0 Å². The van der Waals surface area contributed by atoms with E-state index in [-0.39, 0.29) is 4.08 Å². The van der Waals surface area contributed by atoms with Crippen molar-refractivity contribution >= 4 is 35.5 Å². The fourth-order valence-electron chi connectivity index (χ4n) is 4.77. The van der Waals surface area contributed by atoms with Gasteiger partial charge in [-0.2, -0.15) is 0 Å². The molecule has 210 valence electrons. The zero-order chi connectivity index (χ0) is 28.3. The van der Waals surface area contributed by atoms with E-state index < -0.39 is 17.5 Å². The summed E-state index contributed by atoms with van der Waals surface area (Å²) < 4.78 is 5.88. The fourth-order valence-corrected chi connectivity index (χ4v) is 8.45. The summed E-state index contributed by atoms with van der Waals surface area (Å²) in [4.78, 5) is 20.5. The second-order valence-corrected chi connectivity index (χ2v) is 12.3. The third-order valence-electron chi connectivity index (χ3n) is 6.85. The van der Waals surface area contributed by atoms with E-state index in [2.05, 4.69) is 30.6 Å². The van der Waals surface area contributed by atoms with E-state index in [1.165, 1.54) is 6.42 Å². The van der Waals surface area contributed by atoms with Crippen LogP contribution in [-0.4, -0.2) is 67.4 Å². The first-order chi connectivity index (χ1) is 18.8. The predicted octanol–water partition coefficient (Wildman–Crippen LogP) is 5.66. The largest absolute Gasteiger partial charge is 0.473 e. The van der Waals surface area contributed by atoms with Crippen LogP contribution in [0.3, 0.4) is 0 Å². The number of carbonyl (C=O) groups is 2. The van der Waals surface area contributed by atoms with Gasteiger partial charge in [-0.05, 0) is 56.0 Å². The van der Waals surface area contributed by atoms with Crippen LogP contribution in [0, 0.1) is 11.8 Å². The Bertz CT molecular complexity index is 1120. The lowest BCUT2D eigenvalue weighted by atomic mass is 9.78. The van der Waals surface area contributed by atoms with Gasteiger partial charge >= 0.3 is 11.9 Å². The number of aliphatic hydroxyl groups is 1. The number of hydrogen-bond acceptors (Lipinski definition) is 7. The Morgan fingerprint density at radius 2 is 1.44 bits per heavy atom. The summed E-state index contributed by atoms with van der Waals surface area (Å²) in [5.74, 6) is 6.74. The number of carboxylic acids is 2. The van der Waals surface area contributed by atoms with Crippen molar-refractivity contribution in [1.82, 2.24) is 4.90 Å². The van der Waals surface area contributed by atoms with Crippen LogP contribution >= 0.6 is 23.5 Å². The van der Waals surface area contributed by atoms with Crippen LogP contribution in [0.4, 0.5) is 0 Å². The van der Waals surface area contributed by atoms with Gasteiger partial charge in [0.2, 0.25) is 0 Å². The normalized spacial score (nSPS) is 16.3. The van der Waals surface area contributed by atoms with Crippen molar-refractivity contribution in [2.24, 2.45) is 0 Å². The molecular weight excluding hydrogens is 534 g/mol. The molecule has 0 amide bonds. The zero-order valence-corrected chi connectivity index (χ0v) is 24.2. The van der Waals surface area contributed by atoms with Crippen LogP contribution in [-0.2, 0) is 15.2 Å². The molecule has 2 aromatic rings. The van der Waals surface area contributed by atoms with Crippen LogP contribution < -0.4 is 4.74 Å². The van der Waals surface area contributed by atoms with E-state index >= 15 is 0 Å². The average Bonchev–Trinajstić information content (AvgIpc) is 2.95. The molecule has 0 radical (unpaired) electrons. The summed E-state index contributed by atoms with van der Waals surface area (Å²) in [6.07, 6.45) is 5.15. The Kier molecular flexibility index (Phi) is 11.6. The number of para-hydroxylation sites is 2. The van der Waals surface area contributed by atoms with E-state index in [0.717, 1.165) is 79.4 Å². The number of fused-ring (bicyclic) bond motifs is 2. The third-order valence-corrected chi connectivity index (χ3v) is 10.5. The molecule has 9 heteroatoms. The Morgan fingerprint density at radius 3 is 1.95 bits per heavy atom. The van der Waals surface area contributed by atoms with Gasteiger partial charge < -0.3 is 20.1 Å². The van der Waals surface area contributed by atoms with Gasteiger partial charge in [0, 0.05) is 17.5 Å². The fraction of sp³-hybridized carbons (Fsp3) is 0.467. The number of nitrogens with zero attached hydrogens (tertiary/aromatic N) is 1. The molecule has 1 saturated heterocycles. The van der Waals surface area contributed by atoms with Crippen molar-refractivity contribution in [2.75, 3.05) is 31.1 Å². The first kappa shape index (κ1) is 30.9. The molecular formula is C30H37NO6S2. The molecule has 7 nitrogen and oxygen atoms in total. The highest BCUT2D eigenvalue weighted by Gasteiger charge is 2.57. The summed E-state index contributed by atoms with van der Waals surface area (Å²) in [6.45, 7) is 7.32. The highest BCUT2D eigenvalue weighted by atomic mass is 32.2. The van der Waals surface area contributed by atoms with Crippen molar-refractivity contribution in [3.8, 4) is 23.3 Å². The van der Waals surface area contributed by atoms with Crippen LogP contribution in [0.5, 0.6) is 11.5 Å². The Labute approximate surface area is 239 Å². The minimum absolute atomic E-state index is 0.337. The Morgan fingerprint density at radius 1 is 0.897 bits per heavy atom. The molecule has 2 heterocycles. The van der Waals surface area contributed by atoms with Crippen molar-refractivity contribution in [2.45, 2.75) is 55.6 Å². The summed E-state index contributed by atoms with van der Waals surface area (Å²) in [7, 11) is 0. The van der Waals surface area contributed by atoms with E-state index in [1.807, 2.05) is 72.1 Å².